The van der Waals surface area contributed by atoms with E-state index in [9.17, 15) is 4.39 Å². The van der Waals surface area contributed by atoms with Crippen LogP contribution in [0.4, 0.5) is 4.39 Å². The molecule has 0 unspecified atom stereocenters. The van der Waals surface area contributed by atoms with Crippen LogP contribution in [0.15, 0.2) is 30.6 Å². The molecule has 0 saturated heterocycles. The van der Waals surface area contributed by atoms with Gasteiger partial charge in [-0.25, -0.2) is 4.39 Å². The molecule has 0 spiro atoms. The molecule has 0 bridgehead atoms. The number of nitrogen functional groups attached to an aromatic ring is 1. The summed E-state index contributed by atoms with van der Waals surface area (Å²) in [6, 6.07) is 4.18. The van der Waals surface area contributed by atoms with E-state index in [2.05, 4.69) is 5.10 Å². The second-order valence-electron chi connectivity index (χ2n) is 3.79. The molecule has 1 heterocycles. The van der Waals surface area contributed by atoms with Crippen molar-refractivity contribution < 1.29 is 9.13 Å². The third-order valence-electron chi connectivity index (χ3n) is 2.54. The molecule has 0 fully saturated rings. The lowest BCUT2D eigenvalue weighted by Crippen LogP contribution is -2.15. The first kappa shape index (κ1) is 12.1. The largest absolute Gasteiger partial charge is 0.493 e. The minimum atomic E-state index is -0.415. The van der Waals surface area contributed by atoms with Gasteiger partial charge < -0.3 is 10.5 Å². The van der Waals surface area contributed by atoms with Crippen LogP contribution in [0.3, 0.4) is 0 Å². The first-order chi connectivity index (χ1) is 8.60. The first-order valence-corrected chi connectivity index (χ1v) is 5.29. The third kappa shape index (κ3) is 2.48. The van der Waals surface area contributed by atoms with Gasteiger partial charge in [-0.3, -0.25) is 10.1 Å². The van der Waals surface area contributed by atoms with Gasteiger partial charge in [0.1, 0.15) is 11.7 Å². The van der Waals surface area contributed by atoms with Gasteiger partial charge in [-0.1, -0.05) is 6.07 Å². The zero-order valence-electron chi connectivity index (χ0n) is 9.85. The van der Waals surface area contributed by atoms with E-state index >= 15 is 0 Å². The van der Waals surface area contributed by atoms with Gasteiger partial charge in [-0.05, 0) is 17.7 Å². The highest BCUT2D eigenvalue weighted by atomic mass is 19.1. The molecule has 18 heavy (non-hydrogen) atoms. The maximum atomic E-state index is 13.1. The van der Waals surface area contributed by atoms with Crippen LogP contribution in [-0.2, 0) is 6.54 Å². The molecule has 1 aromatic carbocycles. The fraction of sp³-hybridized carbons (Fsp3) is 0.167. The highest BCUT2D eigenvalue weighted by Gasteiger charge is 2.08. The molecular weight excluding hydrogens is 235 g/mol. The summed E-state index contributed by atoms with van der Waals surface area (Å²) in [4.78, 5) is 0. The number of nitrogens with one attached hydrogen (secondary N) is 1. The summed E-state index contributed by atoms with van der Waals surface area (Å²) in [5.74, 6) is 0.0621. The van der Waals surface area contributed by atoms with Crippen molar-refractivity contribution in [2.45, 2.75) is 6.54 Å². The lowest BCUT2D eigenvalue weighted by atomic mass is 10.1. The average Bonchev–Trinajstić information content (AvgIpc) is 2.79. The summed E-state index contributed by atoms with van der Waals surface area (Å²) in [6.07, 6.45) is 3.30. The fourth-order valence-corrected chi connectivity index (χ4v) is 1.65. The SMILES string of the molecule is COc1cnn(Cc2ccc(F)cc2C(=N)N)c1. The first-order valence-electron chi connectivity index (χ1n) is 5.29. The molecular formula is C12H13FN4O. The summed E-state index contributed by atoms with van der Waals surface area (Å²) in [6.45, 7) is 0.401. The topological polar surface area (TPSA) is 76.9 Å². The zero-order valence-corrected chi connectivity index (χ0v) is 9.85. The summed E-state index contributed by atoms with van der Waals surface area (Å²) >= 11 is 0. The number of ether oxygens (including phenoxy) is 1. The number of rotatable bonds is 4. The highest BCUT2D eigenvalue weighted by Crippen LogP contribution is 2.14. The molecule has 0 aliphatic rings. The maximum absolute atomic E-state index is 13.1. The minimum Gasteiger partial charge on any atom is -0.493 e. The summed E-state index contributed by atoms with van der Waals surface area (Å²) in [5, 5.41) is 11.5. The van der Waals surface area contributed by atoms with Crippen LogP contribution in [-0.4, -0.2) is 22.7 Å². The molecule has 2 rings (SSSR count). The Bertz CT molecular complexity index is 579. The molecule has 94 valence electrons. The van der Waals surface area contributed by atoms with Crippen molar-refractivity contribution in [3.05, 3.63) is 47.5 Å². The second kappa shape index (κ2) is 4.87. The van der Waals surface area contributed by atoms with Gasteiger partial charge in [0.2, 0.25) is 0 Å². The zero-order chi connectivity index (χ0) is 13.1. The molecule has 0 amide bonds. The maximum Gasteiger partial charge on any atom is 0.156 e. The van der Waals surface area contributed by atoms with Crippen molar-refractivity contribution in [1.82, 2.24) is 9.78 Å². The lowest BCUT2D eigenvalue weighted by molar-refractivity contribution is 0.414. The van der Waals surface area contributed by atoms with Gasteiger partial charge >= 0.3 is 0 Å². The predicted molar refractivity (Wildman–Crippen MR) is 65.3 cm³/mol. The van der Waals surface area contributed by atoms with Crippen LogP contribution in [0.5, 0.6) is 5.75 Å². The molecule has 3 N–H and O–H groups in total. The standard InChI is InChI=1S/C12H13FN4O/c1-18-10-5-16-17(7-10)6-8-2-3-9(13)4-11(8)12(14)15/h2-5,7H,6H2,1H3,(H3,14,15). The Morgan fingerprint density at radius 3 is 2.94 bits per heavy atom. The van der Waals surface area contributed by atoms with Crippen LogP contribution in [0.25, 0.3) is 0 Å². The fourth-order valence-electron chi connectivity index (χ4n) is 1.65. The molecule has 0 aliphatic carbocycles. The van der Waals surface area contributed by atoms with E-state index in [1.165, 1.54) is 12.1 Å². The molecule has 5 nitrogen and oxygen atoms in total. The molecule has 2 aromatic rings. The Kier molecular flexibility index (Phi) is 3.27. The van der Waals surface area contributed by atoms with Crippen LogP contribution in [0.2, 0.25) is 0 Å². The molecule has 0 radical (unpaired) electrons. The smallest absolute Gasteiger partial charge is 0.156 e. The van der Waals surface area contributed by atoms with Gasteiger partial charge in [0.05, 0.1) is 26.0 Å². The average molecular weight is 248 g/mol. The van der Waals surface area contributed by atoms with Crippen LogP contribution in [0, 0.1) is 11.2 Å². The number of methoxy groups -OCH3 is 1. The monoisotopic (exact) mass is 248 g/mol. The normalized spacial score (nSPS) is 10.3. The van der Waals surface area contributed by atoms with Gasteiger partial charge in [0.25, 0.3) is 0 Å². The number of halogens is 1. The third-order valence-corrected chi connectivity index (χ3v) is 2.54. The number of hydrogen-bond donors (Lipinski definition) is 2. The predicted octanol–water partition coefficient (Wildman–Crippen LogP) is 1.36. The quantitative estimate of drug-likeness (QED) is 0.633. The number of nitrogens with zero attached hydrogens (tertiary/aromatic N) is 2. The van der Waals surface area contributed by atoms with E-state index in [-0.39, 0.29) is 5.84 Å². The number of hydrogen-bond acceptors (Lipinski definition) is 3. The van der Waals surface area contributed by atoms with Crippen molar-refractivity contribution in [2.75, 3.05) is 7.11 Å². The van der Waals surface area contributed by atoms with Gasteiger partial charge in [0, 0.05) is 5.56 Å². The van der Waals surface area contributed by atoms with E-state index in [1.54, 1.807) is 30.3 Å². The van der Waals surface area contributed by atoms with Crippen molar-refractivity contribution in [3.8, 4) is 5.75 Å². The Hall–Kier alpha value is -2.37. The Labute approximate surface area is 103 Å². The van der Waals surface area contributed by atoms with E-state index in [0.717, 1.165) is 5.56 Å². The van der Waals surface area contributed by atoms with Crippen LogP contribution in [0.1, 0.15) is 11.1 Å². The van der Waals surface area contributed by atoms with Gasteiger partial charge in [-0.2, -0.15) is 5.10 Å². The van der Waals surface area contributed by atoms with Crippen LogP contribution < -0.4 is 10.5 Å². The Morgan fingerprint density at radius 1 is 1.56 bits per heavy atom. The summed E-state index contributed by atoms with van der Waals surface area (Å²) < 4.78 is 19.8. The summed E-state index contributed by atoms with van der Waals surface area (Å²) in [5.41, 5.74) is 6.54. The van der Waals surface area contributed by atoms with Crippen molar-refractivity contribution >= 4 is 5.84 Å². The van der Waals surface area contributed by atoms with E-state index in [4.69, 9.17) is 15.9 Å². The number of benzene rings is 1. The lowest BCUT2D eigenvalue weighted by Gasteiger charge is -2.08. The number of nitrogens with two attached hydrogens (primary N) is 1. The van der Waals surface area contributed by atoms with Gasteiger partial charge in [0.15, 0.2) is 5.75 Å². The van der Waals surface area contributed by atoms with Crippen molar-refractivity contribution in [1.29, 1.82) is 5.41 Å². The molecule has 0 atom stereocenters. The highest BCUT2D eigenvalue weighted by molar-refractivity contribution is 5.96. The van der Waals surface area contributed by atoms with Crippen molar-refractivity contribution in [3.63, 3.8) is 0 Å². The molecule has 0 saturated carbocycles. The van der Waals surface area contributed by atoms with Gasteiger partial charge in [-0.15, -0.1) is 0 Å². The second-order valence-corrected chi connectivity index (χ2v) is 3.79. The van der Waals surface area contributed by atoms with Crippen molar-refractivity contribution in [2.24, 2.45) is 5.73 Å². The molecule has 1 aromatic heterocycles. The number of aromatic nitrogens is 2. The molecule has 0 aliphatic heterocycles. The Morgan fingerprint density at radius 2 is 2.33 bits per heavy atom. The van der Waals surface area contributed by atoms with E-state index in [0.29, 0.717) is 17.9 Å². The van der Waals surface area contributed by atoms with Crippen LogP contribution >= 0.6 is 0 Å². The van der Waals surface area contributed by atoms with E-state index < -0.39 is 5.82 Å². The van der Waals surface area contributed by atoms with E-state index in [1.807, 2.05) is 0 Å². The number of amidine groups is 1. The minimum absolute atomic E-state index is 0.163. The molecule has 6 heteroatoms. The summed E-state index contributed by atoms with van der Waals surface area (Å²) in [7, 11) is 1.56. The Balaban J connectivity index is 2.30.